The maximum absolute atomic E-state index is 12.6. The minimum absolute atomic E-state index is 0.112. The molecular weight excluding hydrogens is 290 g/mol. The van der Waals surface area contributed by atoms with Crippen molar-refractivity contribution >= 4 is 16.1 Å². The van der Waals surface area contributed by atoms with Gasteiger partial charge in [0, 0.05) is 40.3 Å². The van der Waals surface area contributed by atoms with E-state index in [9.17, 15) is 13.2 Å². The van der Waals surface area contributed by atoms with Gasteiger partial charge in [-0.15, -0.1) is 0 Å². The predicted molar refractivity (Wildman–Crippen MR) is 81.9 cm³/mol. The van der Waals surface area contributed by atoms with E-state index in [1.165, 1.54) is 35.5 Å². The number of rotatable bonds is 4. The average Bonchev–Trinajstić information content (AvgIpc) is 2.99. The lowest BCUT2D eigenvalue weighted by atomic mass is 9.97. The Kier molecular flexibility index (Phi) is 5.27. The minimum atomic E-state index is -3.42. The van der Waals surface area contributed by atoms with E-state index in [4.69, 9.17) is 0 Å². The van der Waals surface area contributed by atoms with Crippen LogP contribution >= 0.6 is 0 Å². The van der Waals surface area contributed by atoms with Gasteiger partial charge in [-0.05, 0) is 25.7 Å². The van der Waals surface area contributed by atoms with Crippen LogP contribution in [0.2, 0.25) is 0 Å². The molecule has 6 nitrogen and oxygen atoms in total. The Balaban J connectivity index is 2.02. The lowest BCUT2D eigenvalue weighted by Gasteiger charge is -2.35. The first-order valence-corrected chi connectivity index (χ1v) is 9.18. The Labute approximate surface area is 128 Å². The molecule has 0 unspecified atom stereocenters. The van der Waals surface area contributed by atoms with E-state index in [0.29, 0.717) is 19.1 Å². The normalized spacial score (nSPS) is 25.4. The Bertz CT molecular complexity index is 472. The minimum Gasteiger partial charge on any atom is -0.342 e. The van der Waals surface area contributed by atoms with Crippen LogP contribution in [0.1, 0.15) is 38.5 Å². The Morgan fingerprint density at radius 3 is 2.24 bits per heavy atom. The highest BCUT2D eigenvalue weighted by atomic mass is 32.2. The zero-order valence-electron chi connectivity index (χ0n) is 13.3. The van der Waals surface area contributed by atoms with Gasteiger partial charge in [0.2, 0.25) is 5.91 Å². The van der Waals surface area contributed by atoms with Crippen molar-refractivity contribution in [3.05, 3.63) is 0 Å². The van der Waals surface area contributed by atoms with Crippen molar-refractivity contribution in [1.29, 1.82) is 0 Å². The lowest BCUT2D eigenvalue weighted by Crippen LogP contribution is -2.50. The van der Waals surface area contributed by atoms with Crippen LogP contribution in [0, 0.1) is 5.92 Å². The molecule has 0 aromatic rings. The number of carbonyl (C=O) groups is 1. The molecule has 1 saturated heterocycles. The third-order valence-corrected chi connectivity index (χ3v) is 6.65. The summed E-state index contributed by atoms with van der Waals surface area (Å²) in [5.74, 6) is -0.0837. The molecule has 0 N–H and O–H groups in total. The largest absolute Gasteiger partial charge is 0.342 e. The second-order valence-electron chi connectivity index (χ2n) is 6.37. The summed E-state index contributed by atoms with van der Waals surface area (Å²) < 4.78 is 27.1. The van der Waals surface area contributed by atoms with E-state index >= 15 is 0 Å². The van der Waals surface area contributed by atoms with Crippen LogP contribution in [0.4, 0.5) is 0 Å². The fourth-order valence-corrected chi connectivity index (χ4v) is 4.53. The molecule has 1 heterocycles. The van der Waals surface area contributed by atoms with Crippen molar-refractivity contribution in [3.63, 3.8) is 0 Å². The topological polar surface area (TPSA) is 60.9 Å². The van der Waals surface area contributed by atoms with E-state index in [1.807, 2.05) is 11.9 Å². The maximum atomic E-state index is 12.6. The summed E-state index contributed by atoms with van der Waals surface area (Å²) in [5.41, 5.74) is 0. The van der Waals surface area contributed by atoms with Crippen molar-refractivity contribution in [2.24, 2.45) is 5.92 Å². The first-order valence-electron chi connectivity index (χ1n) is 7.78. The van der Waals surface area contributed by atoms with Crippen LogP contribution in [0.5, 0.6) is 0 Å². The quantitative estimate of drug-likeness (QED) is 0.774. The van der Waals surface area contributed by atoms with E-state index in [-0.39, 0.29) is 11.8 Å². The molecule has 7 heteroatoms. The molecule has 122 valence electrons. The molecule has 2 fully saturated rings. The number of amides is 1. The summed E-state index contributed by atoms with van der Waals surface area (Å²) in [7, 11) is 1.52. The summed E-state index contributed by atoms with van der Waals surface area (Å²) in [4.78, 5) is 14.5. The third kappa shape index (κ3) is 3.57. The van der Waals surface area contributed by atoms with Crippen molar-refractivity contribution in [2.75, 3.05) is 34.2 Å². The zero-order chi connectivity index (χ0) is 15.6. The summed E-state index contributed by atoms with van der Waals surface area (Å²) in [6.07, 6.45) is 6.07. The monoisotopic (exact) mass is 317 g/mol. The molecule has 1 atom stereocenters. The fourth-order valence-electron chi connectivity index (χ4n) is 3.34. The molecular formula is C14H27N3O3S. The number of carbonyl (C=O) groups excluding carboxylic acids is 1. The molecule has 2 aliphatic rings. The van der Waals surface area contributed by atoms with Gasteiger partial charge >= 0.3 is 0 Å². The van der Waals surface area contributed by atoms with Crippen LogP contribution in [-0.2, 0) is 15.0 Å². The molecule has 0 aromatic heterocycles. The Morgan fingerprint density at radius 1 is 1.05 bits per heavy atom. The molecule has 1 aliphatic carbocycles. The molecule has 1 amide bonds. The Hall–Kier alpha value is -0.660. The molecule has 0 spiro atoms. The number of hydrogen-bond donors (Lipinski definition) is 0. The van der Waals surface area contributed by atoms with Crippen molar-refractivity contribution in [1.82, 2.24) is 13.5 Å². The molecule has 0 radical (unpaired) electrons. The van der Waals surface area contributed by atoms with Gasteiger partial charge in [-0.1, -0.05) is 12.8 Å². The standard InChI is InChI=1S/C14H27N3O3S/c1-15(2)21(19,20)17-10-6-7-12(11-17)14(18)16(3)13-8-4-5-9-13/h12-13H,4-11H2,1-3H3/t12-/m1/s1. The lowest BCUT2D eigenvalue weighted by molar-refractivity contribution is -0.137. The fraction of sp³-hybridized carbons (Fsp3) is 0.929. The van der Waals surface area contributed by atoms with Crippen molar-refractivity contribution < 1.29 is 13.2 Å². The molecule has 0 bridgehead atoms. The third-order valence-electron chi connectivity index (χ3n) is 4.74. The van der Waals surface area contributed by atoms with Gasteiger partial charge in [0.05, 0.1) is 5.92 Å². The van der Waals surface area contributed by atoms with Crippen LogP contribution in [0.15, 0.2) is 0 Å². The first-order chi connectivity index (χ1) is 9.84. The smallest absolute Gasteiger partial charge is 0.281 e. The van der Waals surface area contributed by atoms with Crippen molar-refractivity contribution in [2.45, 2.75) is 44.6 Å². The van der Waals surface area contributed by atoms with Crippen LogP contribution in [0.25, 0.3) is 0 Å². The number of nitrogens with zero attached hydrogens (tertiary/aromatic N) is 3. The molecule has 21 heavy (non-hydrogen) atoms. The van der Waals surface area contributed by atoms with E-state index < -0.39 is 10.2 Å². The van der Waals surface area contributed by atoms with Gasteiger partial charge in [0.15, 0.2) is 0 Å². The summed E-state index contributed by atoms with van der Waals surface area (Å²) in [6.45, 7) is 0.827. The second-order valence-corrected chi connectivity index (χ2v) is 8.52. The van der Waals surface area contributed by atoms with Gasteiger partial charge in [-0.2, -0.15) is 17.0 Å². The summed E-state index contributed by atoms with van der Waals surface area (Å²) in [5, 5.41) is 0. The zero-order valence-corrected chi connectivity index (χ0v) is 14.1. The van der Waals surface area contributed by atoms with Gasteiger partial charge in [0.1, 0.15) is 0 Å². The summed E-state index contributed by atoms with van der Waals surface area (Å²) in [6, 6.07) is 0.346. The average molecular weight is 317 g/mol. The highest BCUT2D eigenvalue weighted by molar-refractivity contribution is 7.86. The SMILES string of the molecule is CN(C(=O)[C@@H]1CCCN(S(=O)(=O)N(C)C)C1)C1CCCC1. The van der Waals surface area contributed by atoms with E-state index in [1.54, 1.807) is 0 Å². The molecule has 1 saturated carbocycles. The Morgan fingerprint density at radius 2 is 1.67 bits per heavy atom. The first kappa shape index (κ1) is 16.7. The highest BCUT2D eigenvalue weighted by Crippen LogP contribution is 2.27. The van der Waals surface area contributed by atoms with Crippen LogP contribution < -0.4 is 0 Å². The van der Waals surface area contributed by atoms with Gasteiger partial charge < -0.3 is 4.90 Å². The van der Waals surface area contributed by atoms with Gasteiger partial charge in [-0.3, -0.25) is 4.79 Å². The predicted octanol–water partition coefficient (Wildman–Crippen LogP) is 0.906. The highest BCUT2D eigenvalue weighted by Gasteiger charge is 2.36. The van der Waals surface area contributed by atoms with Crippen LogP contribution in [0.3, 0.4) is 0 Å². The van der Waals surface area contributed by atoms with Crippen molar-refractivity contribution in [3.8, 4) is 0 Å². The molecule has 1 aliphatic heterocycles. The number of hydrogen-bond acceptors (Lipinski definition) is 3. The van der Waals surface area contributed by atoms with E-state index in [0.717, 1.165) is 25.7 Å². The maximum Gasteiger partial charge on any atom is 0.281 e. The number of piperidine rings is 1. The van der Waals surface area contributed by atoms with Gasteiger partial charge in [-0.25, -0.2) is 0 Å². The second kappa shape index (κ2) is 6.62. The van der Waals surface area contributed by atoms with E-state index in [2.05, 4.69) is 0 Å². The molecule has 2 rings (SSSR count). The summed E-state index contributed by atoms with van der Waals surface area (Å²) >= 11 is 0. The van der Waals surface area contributed by atoms with Crippen LogP contribution in [-0.4, -0.2) is 68.1 Å². The molecule has 0 aromatic carbocycles. The van der Waals surface area contributed by atoms with Gasteiger partial charge in [0.25, 0.3) is 10.2 Å².